The smallest absolute Gasteiger partial charge is 0.160 e. The Bertz CT molecular complexity index is 798. The van der Waals surface area contributed by atoms with Gasteiger partial charge in [0.1, 0.15) is 11.8 Å². The molecule has 5 heteroatoms. The summed E-state index contributed by atoms with van der Waals surface area (Å²) < 4.78 is 0. The van der Waals surface area contributed by atoms with Crippen molar-refractivity contribution in [2.45, 2.75) is 45.3 Å². The Morgan fingerprint density at radius 2 is 2.00 bits per heavy atom. The van der Waals surface area contributed by atoms with Crippen LogP contribution in [0.4, 0.5) is 0 Å². The van der Waals surface area contributed by atoms with Gasteiger partial charge in [-0.05, 0) is 49.1 Å². The third-order valence-corrected chi connectivity index (χ3v) is 6.31. The van der Waals surface area contributed by atoms with Crippen molar-refractivity contribution in [3.05, 3.63) is 58.9 Å². The number of pyridine rings is 1. The van der Waals surface area contributed by atoms with Crippen LogP contribution in [0.25, 0.3) is 0 Å². The molecule has 1 aromatic heterocycles. The number of rotatable bonds is 3. The molecule has 0 amide bonds. The normalized spacial score (nSPS) is 25.2. The first kappa shape index (κ1) is 16.5. The third kappa shape index (κ3) is 2.71. The number of hydrogen-bond donors (Lipinski definition) is 1. The van der Waals surface area contributed by atoms with E-state index in [2.05, 4.69) is 35.0 Å². The molecule has 1 N–H and O–H groups in total. The lowest BCUT2D eigenvalue weighted by molar-refractivity contribution is 0.255. The van der Waals surface area contributed by atoms with Crippen LogP contribution in [0.2, 0.25) is 0 Å². The van der Waals surface area contributed by atoms with Gasteiger partial charge in [0.05, 0.1) is 11.7 Å². The summed E-state index contributed by atoms with van der Waals surface area (Å²) in [6, 6.07) is 10.9. The van der Waals surface area contributed by atoms with E-state index in [-0.39, 0.29) is 12.1 Å². The summed E-state index contributed by atoms with van der Waals surface area (Å²) in [5.41, 5.74) is 4.06. The summed E-state index contributed by atoms with van der Waals surface area (Å²) in [4.78, 5) is 12.1. The molecule has 0 radical (unpaired) electrons. The molecule has 25 heavy (non-hydrogen) atoms. The molecule has 3 atom stereocenters. The lowest BCUT2D eigenvalue weighted by Gasteiger charge is -2.32. The second-order valence-corrected chi connectivity index (χ2v) is 7.83. The molecule has 3 heterocycles. The zero-order chi connectivity index (χ0) is 17.6. The number of aromatic hydroxyl groups is 1. The van der Waals surface area contributed by atoms with Gasteiger partial charge in [0.15, 0.2) is 5.17 Å². The largest absolute Gasteiger partial charge is 0.507 e. The lowest BCUT2D eigenvalue weighted by atomic mass is 9.92. The molecular weight excluding hydrogens is 330 g/mol. The topological polar surface area (TPSA) is 48.7 Å². The minimum Gasteiger partial charge on any atom is -0.507 e. The fourth-order valence-corrected chi connectivity index (χ4v) is 5.21. The van der Waals surface area contributed by atoms with Gasteiger partial charge < -0.3 is 10.0 Å². The van der Waals surface area contributed by atoms with E-state index in [0.29, 0.717) is 11.8 Å². The number of thioether (sulfide) groups is 1. The first-order valence-corrected chi connectivity index (χ1v) is 9.78. The van der Waals surface area contributed by atoms with Crippen molar-refractivity contribution in [2.24, 2.45) is 4.99 Å². The number of aliphatic imine (C=N–C) groups is 1. The molecule has 1 aromatic carbocycles. The Kier molecular flexibility index (Phi) is 4.20. The minimum atomic E-state index is 0.00129. The van der Waals surface area contributed by atoms with Crippen LogP contribution in [0.1, 0.15) is 47.8 Å². The number of phenolic OH excluding ortho intramolecular Hbond substituents is 1. The van der Waals surface area contributed by atoms with Crippen LogP contribution >= 0.6 is 11.8 Å². The van der Waals surface area contributed by atoms with E-state index in [1.54, 1.807) is 0 Å². The summed E-state index contributed by atoms with van der Waals surface area (Å²) in [7, 11) is 0. The molecule has 2 aliphatic heterocycles. The van der Waals surface area contributed by atoms with Crippen molar-refractivity contribution >= 4 is 16.9 Å². The summed E-state index contributed by atoms with van der Waals surface area (Å²) in [5, 5.41) is 11.3. The Morgan fingerprint density at radius 1 is 1.24 bits per heavy atom. The van der Waals surface area contributed by atoms with E-state index < -0.39 is 0 Å². The molecular formula is C20H23N3OS. The second kappa shape index (κ2) is 6.37. The molecule has 0 unspecified atom stereocenters. The van der Waals surface area contributed by atoms with Crippen LogP contribution in [0, 0.1) is 13.8 Å². The average Bonchev–Trinajstić information content (AvgIpc) is 3.18. The van der Waals surface area contributed by atoms with Gasteiger partial charge in [-0.1, -0.05) is 36.9 Å². The third-order valence-electron chi connectivity index (χ3n) is 5.18. The van der Waals surface area contributed by atoms with Crippen LogP contribution in [-0.2, 0) is 0 Å². The highest BCUT2D eigenvalue weighted by Crippen LogP contribution is 2.49. The van der Waals surface area contributed by atoms with Crippen molar-refractivity contribution in [2.75, 3.05) is 5.75 Å². The van der Waals surface area contributed by atoms with Crippen LogP contribution < -0.4 is 0 Å². The van der Waals surface area contributed by atoms with Gasteiger partial charge >= 0.3 is 0 Å². The van der Waals surface area contributed by atoms with Crippen molar-refractivity contribution in [1.29, 1.82) is 0 Å². The van der Waals surface area contributed by atoms with E-state index in [1.165, 1.54) is 5.56 Å². The van der Waals surface area contributed by atoms with Crippen molar-refractivity contribution < 1.29 is 5.11 Å². The van der Waals surface area contributed by atoms with Gasteiger partial charge in [-0.15, -0.1) is 0 Å². The summed E-state index contributed by atoms with van der Waals surface area (Å²) in [6.07, 6.45) is 2.95. The number of amidine groups is 1. The number of phenols is 1. The maximum Gasteiger partial charge on any atom is 0.160 e. The van der Waals surface area contributed by atoms with Crippen LogP contribution in [0.15, 0.2) is 41.5 Å². The second-order valence-electron chi connectivity index (χ2n) is 6.84. The predicted octanol–water partition coefficient (Wildman–Crippen LogP) is 4.38. The van der Waals surface area contributed by atoms with Crippen LogP contribution in [0.5, 0.6) is 5.75 Å². The molecule has 0 spiro atoms. The van der Waals surface area contributed by atoms with E-state index in [1.807, 2.05) is 43.9 Å². The Balaban J connectivity index is 1.83. The minimum absolute atomic E-state index is 0.00129. The zero-order valence-electron chi connectivity index (χ0n) is 14.8. The fraction of sp³-hybridized carbons (Fsp3) is 0.400. The lowest BCUT2D eigenvalue weighted by Crippen LogP contribution is -2.35. The number of hydrogen-bond acceptors (Lipinski definition) is 5. The average molecular weight is 353 g/mol. The molecule has 1 saturated heterocycles. The number of nitrogens with zero attached hydrogens (tertiary/aromatic N) is 3. The highest BCUT2D eigenvalue weighted by atomic mass is 32.2. The number of benzene rings is 1. The maximum atomic E-state index is 10.2. The van der Waals surface area contributed by atoms with Gasteiger partial charge in [-0.25, -0.2) is 0 Å². The molecule has 0 aliphatic carbocycles. The number of fused-ring (bicyclic) bond motifs is 1. The highest BCUT2D eigenvalue weighted by Gasteiger charge is 2.45. The van der Waals surface area contributed by atoms with E-state index in [0.717, 1.165) is 34.2 Å². The Morgan fingerprint density at radius 3 is 2.64 bits per heavy atom. The SMILES string of the molecule is CC[C@@H]1CSC2=N[C@H](c3ccccn3)[C@@H](c3cc(C)c(O)c(C)c3)N21. The van der Waals surface area contributed by atoms with Gasteiger partial charge in [0, 0.05) is 18.0 Å². The Hall–Kier alpha value is -2.01. The van der Waals surface area contributed by atoms with Gasteiger partial charge in [-0.3, -0.25) is 9.98 Å². The molecule has 130 valence electrons. The van der Waals surface area contributed by atoms with E-state index >= 15 is 0 Å². The highest BCUT2D eigenvalue weighted by molar-refractivity contribution is 8.14. The van der Waals surface area contributed by atoms with Gasteiger partial charge in [-0.2, -0.15) is 0 Å². The van der Waals surface area contributed by atoms with Crippen molar-refractivity contribution in [1.82, 2.24) is 9.88 Å². The monoisotopic (exact) mass is 353 g/mol. The van der Waals surface area contributed by atoms with Gasteiger partial charge in [0.25, 0.3) is 0 Å². The maximum absolute atomic E-state index is 10.2. The molecule has 1 fully saturated rings. The van der Waals surface area contributed by atoms with Crippen LogP contribution in [0.3, 0.4) is 0 Å². The molecule has 0 saturated carbocycles. The quantitative estimate of drug-likeness (QED) is 0.889. The van der Waals surface area contributed by atoms with E-state index in [4.69, 9.17) is 4.99 Å². The van der Waals surface area contributed by atoms with E-state index in [9.17, 15) is 5.11 Å². The molecule has 4 rings (SSSR count). The molecule has 2 aliphatic rings. The Labute approximate surface area is 153 Å². The first-order chi connectivity index (χ1) is 12.1. The molecule has 2 aromatic rings. The molecule has 4 nitrogen and oxygen atoms in total. The summed E-state index contributed by atoms with van der Waals surface area (Å²) >= 11 is 1.85. The summed E-state index contributed by atoms with van der Waals surface area (Å²) in [5.74, 6) is 1.48. The van der Waals surface area contributed by atoms with Gasteiger partial charge in [0.2, 0.25) is 0 Å². The summed E-state index contributed by atoms with van der Waals surface area (Å²) in [6.45, 7) is 6.18. The number of aromatic nitrogens is 1. The van der Waals surface area contributed by atoms with Crippen LogP contribution in [-0.4, -0.2) is 32.0 Å². The standard InChI is InChI=1S/C20H23N3OS/c1-4-15-11-25-20-22-17(16-7-5-6-8-21-16)18(23(15)20)14-9-12(2)19(24)13(3)10-14/h5-10,15,17-18,24H,4,11H2,1-3H3/t15-,17-,18-/m1/s1. The molecule has 0 bridgehead atoms. The van der Waals surface area contributed by atoms with Crippen molar-refractivity contribution in [3.63, 3.8) is 0 Å². The zero-order valence-corrected chi connectivity index (χ0v) is 15.6. The number of aryl methyl sites for hydroxylation is 2. The first-order valence-electron chi connectivity index (χ1n) is 8.80. The van der Waals surface area contributed by atoms with Crippen molar-refractivity contribution in [3.8, 4) is 5.75 Å². The predicted molar refractivity (Wildman–Crippen MR) is 103 cm³/mol. The fourth-order valence-electron chi connectivity index (χ4n) is 3.87.